The van der Waals surface area contributed by atoms with Crippen molar-refractivity contribution in [1.29, 1.82) is 0 Å². The summed E-state index contributed by atoms with van der Waals surface area (Å²) < 4.78 is 23.5. The van der Waals surface area contributed by atoms with Crippen molar-refractivity contribution in [2.24, 2.45) is 5.73 Å². The molecule has 3 rings (SSSR count). The molecule has 0 fully saturated rings. The highest BCUT2D eigenvalue weighted by atomic mass is 32.2. The number of anilines is 1. The summed E-state index contributed by atoms with van der Waals surface area (Å²) in [6.07, 6.45) is 3.03. The summed E-state index contributed by atoms with van der Waals surface area (Å²) in [5.41, 5.74) is 9.30. The molecule has 1 aromatic heterocycles. The van der Waals surface area contributed by atoms with Crippen molar-refractivity contribution in [3.63, 3.8) is 0 Å². The van der Waals surface area contributed by atoms with E-state index in [2.05, 4.69) is 22.4 Å². The summed E-state index contributed by atoms with van der Waals surface area (Å²) in [5.74, 6) is -0.193. The second-order valence-electron chi connectivity index (χ2n) is 6.76. The number of nitrogens with two attached hydrogens (primary N) is 1. The molecule has 29 heavy (non-hydrogen) atoms. The Labute approximate surface area is 174 Å². The minimum atomic E-state index is -3.27. The predicted octanol–water partition coefficient (Wildman–Crippen LogP) is 3.73. The Morgan fingerprint density at radius 2 is 1.69 bits per heavy atom. The van der Waals surface area contributed by atoms with Gasteiger partial charge in [-0.25, -0.2) is 13.4 Å². The summed E-state index contributed by atoms with van der Waals surface area (Å²) in [6.45, 7) is 2.09. The highest BCUT2D eigenvalue weighted by Gasteiger charge is 2.17. The molecule has 0 aliphatic carbocycles. The van der Waals surface area contributed by atoms with Gasteiger partial charge in [0.1, 0.15) is 0 Å². The fourth-order valence-electron chi connectivity index (χ4n) is 2.90. The number of aryl methyl sites for hydroxylation is 1. The van der Waals surface area contributed by atoms with E-state index in [0.29, 0.717) is 11.7 Å². The summed E-state index contributed by atoms with van der Waals surface area (Å²) in [6, 6.07) is 14.8. The maximum atomic E-state index is 11.7. The van der Waals surface area contributed by atoms with Gasteiger partial charge in [-0.3, -0.25) is 4.79 Å². The zero-order valence-electron chi connectivity index (χ0n) is 16.3. The minimum Gasteiger partial charge on any atom is -0.330 e. The first-order chi connectivity index (χ1) is 13.8. The van der Waals surface area contributed by atoms with E-state index in [1.807, 2.05) is 12.1 Å². The molecule has 1 heterocycles. The number of thiazole rings is 1. The molecule has 0 unspecified atom stereocenters. The molecule has 0 aliphatic heterocycles. The Bertz CT molecular complexity index is 1100. The molecule has 152 valence electrons. The highest BCUT2D eigenvalue weighted by Crippen LogP contribution is 2.39. The molecule has 0 saturated carbocycles. The van der Waals surface area contributed by atoms with Crippen molar-refractivity contribution in [2.45, 2.75) is 24.7 Å². The van der Waals surface area contributed by atoms with Crippen LogP contribution in [-0.4, -0.2) is 32.1 Å². The Balaban J connectivity index is 2.02. The van der Waals surface area contributed by atoms with Crippen LogP contribution < -0.4 is 11.1 Å². The molecule has 2 aromatic carbocycles. The number of nitrogens with one attached hydrogen (secondary N) is 1. The van der Waals surface area contributed by atoms with Gasteiger partial charge in [0, 0.05) is 18.7 Å². The first-order valence-corrected chi connectivity index (χ1v) is 11.9. The second-order valence-corrected chi connectivity index (χ2v) is 9.78. The molecule has 8 heteroatoms. The standard InChI is InChI=1S/C21H23N3O3S2/c1-14(25)23-21-24-19(16-7-5-15(6-8-16)4-3-13-22)20(28-21)17-9-11-18(12-10-17)29(2,26)27/h5-12H,3-4,13,22H2,1-2H3,(H,23,24,25). The van der Waals surface area contributed by atoms with Crippen molar-refractivity contribution in [2.75, 3.05) is 18.1 Å². The lowest BCUT2D eigenvalue weighted by Gasteiger charge is -2.06. The Hall–Kier alpha value is -2.55. The fraction of sp³-hybridized carbons (Fsp3) is 0.238. The summed E-state index contributed by atoms with van der Waals surface area (Å²) >= 11 is 1.36. The molecule has 6 nitrogen and oxygen atoms in total. The van der Waals surface area contributed by atoms with Gasteiger partial charge in [-0.05, 0) is 42.6 Å². The molecule has 0 saturated heterocycles. The Kier molecular flexibility index (Phi) is 6.46. The molecule has 3 aromatic rings. The topological polar surface area (TPSA) is 102 Å². The van der Waals surface area contributed by atoms with E-state index in [1.54, 1.807) is 24.3 Å². The van der Waals surface area contributed by atoms with E-state index < -0.39 is 9.84 Å². The van der Waals surface area contributed by atoms with Crippen molar-refractivity contribution in [1.82, 2.24) is 4.98 Å². The lowest BCUT2D eigenvalue weighted by atomic mass is 10.0. The summed E-state index contributed by atoms with van der Waals surface area (Å²) in [5, 5.41) is 3.24. The minimum absolute atomic E-state index is 0.193. The van der Waals surface area contributed by atoms with E-state index in [0.717, 1.165) is 34.5 Å². The van der Waals surface area contributed by atoms with Crippen molar-refractivity contribution >= 4 is 32.2 Å². The number of carbonyl (C=O) groups is 1. The highest BCUT2D eigenvalue weighted by molar-refractivity contribution is 7.90. The van der Waals surface area contributed by atoms with Crippen LogP contribution in [0.4, 0.5) is 5.13 Å². The third kappa shape index (κ3) is 5.29. The summed E-state index contributed by atoms with van der Waals surface area (Å²) in [4.78, 5) is 17.2. The van der Waals surface area contributed by atoms with Crippen molar-refractivity contribution < 1.29 is 13.2 Å². The molecule has 0 radical (unpaired) electrons. The average molecular weight is 430 g/mol. The van der Waals surface area contributed by atoms with Gasteiger partial charge in [-0.15, -0.1) is 0 Å². The maximum absolute atomic E-state index is 11.7. The normalized spacial score (nSPS) is 11.4. The number of amides is 1. The van der Waals surface area contributed by atoms with E-state index in [1.165, 1.54) is 30.1 Å². The van der Waals surface area contributed by atoms with Gasteiger partial charge in [0.2, 0.25) is 5.91 Å². The van der Waals surface area contributed by atoms with Gasteiger partial charge in [0.05, 0.1) is 15.5 Å². The van der Waals surface area contributed by atoms with E-state index in [4.69, 9.17) is 5.73 Å². The Morgan fingerprint density at radius 1 is 1.07 bits per heavy atom. The molecule has 1 amide bonds. The number of rotatable bonds is 7. The van der Waals surface area contributed by atoms with Crippen LogP contribution in [0.25, 0.3) is 21.7 Å². The molecule has 0 bridgehead atoms. The molecule has 0 atom stereocenters. The van der Waals surface area contributed by atoms with Gasteiger partial charge in [0.25, 0.3) is 0 Å². The molecule has 3 N–H and O–H groups in total. The number of carbonyl (C=O) groups excluding carboxylic acids is 1. The first kappa shape index (κ1) is 21.2. The number of benzene rings is 2. The molecular weight excluding hydrogens is 406 g/mol. The van der Waals surface area contributed by atoms with Crippen LogP contribution in [0.5, 0.6) is 0 Å². The van der Waals surface area contributed by atoms with Crippen LogP contribution in [-0.2, 0) is 21.1 Å². The van der Waals surface area contributed by atoms with Gasteiger partial charge in [-0.1, -0.05) is 47.7 Å². The van der Waals surface area contributed by atoms with Crippen LogP contribution >= 0.6 is 11.3 Å². The third-order valence-corrected chi connectivity index (χ3v) is 6.50. The van der Waals surface area contributed by atoms with Crippen LogP contribution in [0.2, 0.25) is 0 Å². The predicted molar refractivity (Wildman–Crippen MR) is 118 cm³/mol. The quantitative estimate of drug-likeness (QED) is 0.596. The maximum Gasteiger partial charge on any atom is 0.223 e. The van der Waals surface area contributed by atoms with E-state index in [9.17, 15) is 13.2 Å². The van der Waals surface area contributed by atoms with Gasteiger partial charge >= 0.3 is 0 Å². The number of nitrogens with zero attached hydrogens (tertiary/aromatic N) is 1. The van der Waals surface area contributed by atoms with E-state index >= 15 is 0 Å². The average Bonchev–Trinajstić information content (AvgIpc) is 3.09. The molecular formula is C21H23N3O3S2. The second kappa shape index (κ2) is 8.86. The van der Waals surface area contributed by atoms with Gasteiger partial charge < -0.3 is 11.1 Å². The monoisotopic (exact) mass is 429 g/mol. The van der Waals surface area contributed by atoms with Crippen molar-refractivity contribution in [3.8, 4) is 21.7 Å². The van der Waals surface area contributed by atoms with Gasteiger partial charge in [-0.2, -0.15) is 0 Å². The van der Waals surface area contributed by atoms with Crippen LogP contribution in [0.3, 0.4) is 0 Å². The first-order valence-electron chi connectivity index (χ1n) is 9.16. The van der Waals surface area contributed by atoms with Crippen molar-refractivity contribution in [3.05, 3.63) is 54.1 Å². The number of aromatic nitrogens is 1. The van der Waals surface area contributed by atoms with Crippen LogP contribution in [0.1, 0.15) is 18.9 Å². The van der Waals surface area contributed by atoms with Gasteiger partial charge in [0.15, 0.2) is 15.0 Å². The zero-order chi connectivity index (χ0) is 21.0. The number of hydrogen-bond acceptors (Lipinski definition) is 6. The fourth-order valence-corrected chi connectivity index (χ4v) is 4.57. The lowest BCUT2D eigenvalue weighted by Crippen LogP contribution is -2.04. The zero-order valence-corrected chi connectivity index (χ0v) is 17.9. The third-order valence-electron chi connectivity index (χ3n) is 4.35. The summed E-state index contributed by atoms with van der Waals surface area (Å²) in [7, 11) is -3.27. The largest absolute Gasteiger partial charge is 0.330 e. The Morgan fingerprint density at radius 3 is 2.24 bits per heavy atom. The lowest BCUT2D eigenvalue weighted by molar-refractivity contribution is -0.114. The van der Waals surface area contributed by atoms with Crippen LogP contribution in [0.15, 0.2) is 53.4 Å². The van der Waals surface area contributed by atoms with Crippen LogP contribution in [0, 0.1) is 0 Å². The molecule has 0 spiro atoms. The van der Waals surface area contributed by atoms with E-state index in [-0.39, 0.29) is 10.8 Å². The number of hydrogen-bond donors (Lipinski definition) is 2. The molecule has 0 aliphatic rings. The number of sulfone groups is 1. The smallest absolute Gasteiger partial charge is 0.223 e. The SMILES string of the molecule is CC(=O)Nc1nc(-c2ccc(CCCN)cc2)c(-c2ccc(S(C)(=O)=O)cc2)s1.